The molecule has 2 aromatic heterocycles. The topological polar surface area (TPSA) is 57.2 Å². The first-order chi connectivity index (χ1) is 16.6. The number of hydrogen-bond acceptors (Lipinski definition) is 6. The fraction of sp³-hybridized carbons (Fsp3) is 0.500. The summed E-state index contributed by atoms with van der Waals surface area (Å²) in [7, 11) is 0. The van der Waals surface area contributed by atoms with Crippen LogP contribution in [0, 0.1) is 20.8 Å². The lowest BCUT2D eigenvalue weighted by atomic mass is 9.90. The number of hydrogen-bond donors (Lipinski definition) is 1. The fourth-order valence-corrected chi connectivity index (χ4v) is 5.57. The van der Waals surface area contributed by atoms with E-state index in [2.05, 4.69) is 59.4 Å². The van der Waals surface area contributed by atoms with E-state index in [0.29, 0.717) is 18.9 Å². The van der Waals surface area contributed by atoms with Gasteiger partial charge in [0.2, 0.25) is 0 Å². The molecule has 0 aliphatic carbocycles. The zero-order valence-electron chi connectivity index (χ0n) is 20.5. The molecule has 0 radical (unpaired) electrons. The minimum absolute atomic E-state index is 0.0217. The quantitative estimate of drug-likeness (QED) is 0.528. The molecular formula is C26H31F3N6. The van der Waals surface area contributed by atoms with Crippen molar-refractivity contribution in [2.45, 2.75) is 64.8 Å². The third-order valence-corrected chi connectivity index (χ3v) is 7.62. The molecule has 6 nitrogen and oxygen atoms in total. The third-order valence-electron chi connectivity index (χ3n) is 7.62. The SMILES string of the molecule is Cc1cccc([C@@H](C)Nc2nnc(C)c3cnc(N4C[C@H]5CC[C@@H]4CN5CC(F)(F)F)cc23)c1C. The van der Waals surface area contributed by atoms with Gasteiger partial charge in [-0.1, -0.05) is 18.2 Å². The number of alkyl halides is 3. The van der Waals surface area contributed by atoms with Gasteiger partial charge in [-0.05, 0) is 63.3 Å². The molecule has 9 heteroatoms. The second-order valence-corrected chi connectivity index (χ2v) is 9.96. The standard InChI is InChI=1S/C26H31F3N6/c1-15-6-5-7-21(16(15)2)17(3)31-25-22-10-24(30-11-23(22)18(4)32-33-25)35-13-19-8-9-20(35)12-34(19)14-26(27,28)29/h5-7,10-11,17,19-20H,8-9,12-14H2,1-4H3,(H,31,33)/t17-,19-,20-/m1/s1. The Morgan fingerprint density at radius 1 is 1.06 bits per heavy atom. The summed E-state index contributed by atoms with van der Waals surface area (Å²) in [5.74, 6) is 1.47. The van der Waals surface area contributed by atoms with Crippen LogP contribution in [0.4, 0.5) is 24.8 Å². The van der Waals surface area contributed by atoms with Gasteiger partial charge in [-0.3, -0.25) is 4.90 Å². The van der Waals surface area contributed by atoms with Crippen LogP contribution in [0.1, 0.15) is 48.2 Å². The smallest absolute Gasteiger partial charge is 0.362 e. The van der Waals surface area contributed by atoms with Crippen molar-refractivity contribution in [3.05, 3.63) is 52.8 Å². The minimum atomic E-state index is -4.17. The number of anilines is 2. The molecule has 1 N–H and O–H groups in total. The number of aromatic nitrogens is 3. The van der Waals surface area contributed by atoms with Crippen LogP contribution < -0.4 is 10.2 Å². The van der Waals surface area contributed by atoms with Crippen molar-refractivity contribution in [1.82, 2.24) is 20.1 Å². The Morgan fingerprint density at radius 2 is 1.83 bits per heavy atom. The van der Waals surface area contributed by atoms with Gasteiger partial charge in [0, 0.05) is 42.1 Å². The molecule has 6 rings (SSSR count). The number of nitrogens with one attached hydrogen (secondary N) is 1. The highest BCUT2D eigenvalue weighted by Crippen LogP contribution is 2.36. The van der Waals surface area contributed by atoms with Crippen molar-refractivity contribution in [2.24, 2.45) is 0 Å². The Hall–Kier alpha value is -2.94. The summed E-state index contributed by atoms with van der Waals surface area (Å²) in [6.07, 6.45) is -0.693. The number of aryl methyl sites for hydroxylation is 2. The summed E-state index contributed by atoms with van der Waals surface area (Å²) in [5, 5.41) is 14.2. The van der Waals surface area contributed by atoms with Gasteiger partial charge in [-0.15, -0.1) is 5.10 Å². The number of benzene rings is 1. The van der Waals surface area contributed by atoms with Crippen LogP contribution in [0.2, 0.25) is 0 Å². The molecule has 3 aromatic rings. The Morgan fingerprint density at radius 3 is 2.54 bits per heavy atom. The van der Waals surface area contributed by atoms with Crippen LogP contribution in [0.15, 0.2) is 30.5 Å². The Balaban J connectivity index is 1.44. The number of piperidine rings is 2. The van der Waals surface area contributed by atoms with Gasteiger partial charge in [0.1, 0.15) is 5.82 Å². The summed E-state index contributed by atoms with van der Waals surface area (Å²) in [6.45, 7) is 8.36. The van der Waals surface area contributed by atoms with Gasteiger partial charge in [-0.2, -0.15) is 18.3 Å². The number of nitrogens with zero attached hydrogens (tertiary/aromatic N) is 5. The highest BCUT2D eigenvalue weighted by molar-refractivity contribution is 5.94. The molecule has 1 aromatic carbocycles. The molecule has 3 aliphatic rings. The molecule has 3 aliphatic heterocycles. The fourth-order valence-electron chi connectivity index (χ4n) is 5.57. The van der Waals surface area contributed by atoms with E-state index in [9.17, 15) is 13.2 Å². The van der Waals surface area contributed by atoms with Crippen LogP contribution >= 0.6 is 0 Å². The molecule has 3 saturated heterocycles. The van der Waals surface area contributed by atoms with Crippen molar-refractivity contribution in [3.63, 3.8) is 0 Å². The molecule has 0 spiro atoms. The number of pyridine rings is 1. The highest BCUT2D eigenvalue weighted by Gasteiger charge is 2.43. The van der Waals surface area contributed by atoms with Gasteiger partial charge < -0.3 is 10.2 Å². The molecule has 5 heterocycles. The molecule has 0 saturated carbocycles. The lowest BCUT2D eigenvalue weighted by molar-refractivity contribution is -0.156. The average molecular weight is 485 g/mol. The summed E-state index contributed by atoms with van der Waals surface area (Å²) in [5.41, 5.74) is 4.47. The van der Waals surface area contributed by atoms with Crippen molar-refractivity contribution in [1.29, 1.82) is 0 Å². The first-order valence-electron chi connectivity index (χ1n) is 12.1. The molecule has 0 amide bonds. The molecule has 0 unspecified atom stereocenters. The first-order valence-corrected chi connectivity index (χ1v) is 12.1. The van der Waals surface area contributed by atoms with Gasteiger partial charge in [0.05, 0.1) is 18.3 Å². The minimum Gasteiger partial charge on any atom is -0.362 e. The lowest BCUT2D eigenvalue weighted by Gasteiger charge is -2.52. The summed E-state index contributed by atoms with van der Waals surface area (Å²) in [4.78, 5) is 8.46. The Bertz CT molecular complexity index is 1240. The lowest BCUT2D eigenvalue weighted by Crippen LogP contribution is -2.64. The van der Waals surface area contributed by atoms with E-state index in [-0.39, 0.29) is 18.1 Å². The monoisotopic (exact) mass is 484 g/mol. The van der Waals surface area contributed by atoms with E-state index in [1.807, 2.05) is 19.2 Å². The zero-order valence-corrected chi connectivity index (χ0v) is 20.5. The summed E-state index contributed by atoms with van der Waals surface area (Å²) in [6, 6.07) is 8.23. The maximum Gasteiger partial charge on any atom is 0.401 e. The van der Waals surface area contributed by atoms with Crippen molar-refractivity contribution >= 4 is 22.4 Å². The van der Waals surface area contributed by atoms with E-state index in [4.69, 9.17) is 4.98 Å². The number of fused-ring (bicyclic) bond motifs is 4. The van der Waals surface area contributed by atoms with Crippen molar-refractivity contribution < 1.29 is 13.2 Å². The highest BCUT2D eigenvalue weighted by atomic mass is 19.4. The molecule has 186 valence electrons. The van der Waals surface area contributed by atoms with E-state index >= 15 is 0 Å². The van der Waals surface area contributed by atoms with E-state index in [1.54, 1.807) is 4.90 Å². The number of piperazine rings is 1. The van der Waals surface area contributed by atoms with Gasteiger partial charge in [0.25, 0.3) is 0 Å². The van der Waals surface area contributed by atoms with Crippen LogP contribution in [-0.2, 0) is 0 Å². The molecular weight excluding hydrogens is 453 g/mol. The van der Waals surface area contributed by atoms with E-state index in [1.165, 1.54) is 16.7 Å². The maximum absolute atomic E-state index is 13.0. The molecule has 35 heavy (non-hydrogen) atoms. The van der Waals surface area contributed by atoms with E-state index < -0.39 is 12.7 Å². The van der Waals surface area contributed by atoms with Crippen LogP contribution in [0.5, 0.6) is 0 Å². The second-order valence-electron chi connectivity index (χ2n) is 9.96. The predicted octanol–water partition coefficient (Wildman–Crippen LogP) is 5.34. The van der Waals surface area contributed by atoms with E-state index in [0.717, 1.165) is 35.1 Å². The van der Waals surface area contributed by atoms with Crippen LogP contribution in [0.25, 0.3) is 10.8 Å². The van der Waals surface area contributed by atoms with Gasteiger partial charge >= 0.3 is 6.18 Å². The zero-order chi connectivity index (χ0) is 24.9. The Labute approximate surface area is 203 Å². The first kappa shape index (κ1) is 23.8. The number of halogens is 3. The average Bonchev–Trinajstić information content (AvgIpc) is 2.81. The largest absolute Gasteiger partial charge is 0.401 e. The summed E-state index contributed by atoms with van der Waals surface area (Å²) < 4.78 is 39.1. The van der Waals surface area contributed by atoms with Crippen molar-refractivity contribution in [2.75, 3.05) is 29.9 Å². The second kappa shape index (κ2) is 8.93. The normalized spacial score (nSPS) is 21.5. The summed E-state index contributed by atoms with van der Waals surface area (Å²) >= 11 is 0. The van der Waals surface area contributed by atoms with Crippen molar-refractivity contribution in [3.8, 4) is 0 Å². The van der Waals surface area contributed by atoms with Gasteiger partial charge in [-0.25, -0.2) is 4.98 Å². The molecule has 2 bridgehead atoms. The van der Waals surface area contributed by atoms with Crippen LogP contribution in [-0.4, -0.2) is 58.0 Å². The maximum atomic E-state index is 13.0. The van der Waals surface area contributed by atoms with Gasteiger partial charge in [0.15, 0.2) is 5.82 Å². The molecule has 3 atom stereocenters. The number of rotatable bonds is 5. The Kier molecular flexibility index (Phi) is 6.07. The third kappa shape index (κ3) is 4.66. The predicted molar refractivity (Wildman–Crippen MR) is 132 cm³/mol. The van der Waals surface area contributed by atoms with Crippen LogP contribution in [0.3, 0.4) is 0 Å². The molecule has 3 fully saturated rings.